The van der Waals surface area contributed by atoms with Crippen molar-refractivity contribution in [1.29, 1.82) is 0 Å². The fourth-order valence-electron chi connectivity index (χ4n) is 4.01. The topological polar surface area (TPSA) is 47.3 Å². The van der Waals surface area contributed by atoms with Crippen LogP contribution in [0.3, 0.4) is 0 Å². The Morgan fingerprint density at radius 1 is 1.17 bits per heavy atom. The molecule has 1 aliphatic carbocycles. The molecule has 0 saturated heterocycles. The molecule has 1 aromatic heterocycles. The lowest BCUT2D eigenvalue weighted by atomic mass is 9.70. The number of allylic oxidation sites excluding steroid dienone is 1. The summed E-state index contributed by atoms with van der Waals surface area (Å²) in [4.78, 5) is 0. The number of fused-ring (bicyclic) bond motifs is 1. The first kappa shape index (κ1) is 19.4. The Morgan fingerprint density at radius 3 is 2.52 bits per heavy atom. The van der Waals surface area contributed by atoms with Crippen LogP contribution in [0.1, 0.15) is 43.2 Å². The largest absolute Gasteiger partial charge is 0.497 e. The number of hydrogen-bond acceptors (Lipinski definition) is 3. The highest BCUT2D eigenvalue weighted by Crippen LogP contribution is 2.44. The second-order valence-corrected chi connectivity index (χ2v) is 8.00. The van der Waals surface area contributed by atoms with Gasteiger partial charge >= 0.3 is 0 Å². The van der Waals surface area contributed by atoms with Crippen molar-refractivity contribution < 1.29 is 14.2 Å². The highest BCUT2D eigenvalue weighted by atomic mass is 19.1. The third-order valence-electron chi connectivity index (χ3n) is 5.99. The van der Waals surface area contributed by atoms with E-state index in [-0.39, 0.29) is 11.2 Å². The number of nitrogens with zero attached hydrogens (tertiary/aromatic N) is 2. The summed E-state index contributed by atoms with van der Waals surface area (Å²) in [5, 5.41) is 15.4. The van der Waals surface area contributed by atoms with Gasteiger partial charge < -0.3 is 9.84 Å². The molecule has 1 N–H and O–H groups in total. The molecule has 4 rings (SSSR count). The minimum atomic E-state index is -0.567. The predicted octanol–water partition coefficient (Wildman–Crippen LogP) is 5.11. The summed E-state index contributed by atoms with van der Waals surface area (Å²) >= 11 is 0. The monoisotopic (exact) mass is 392 g/mol. The van der Waals surface area contributed by atoms with Gasteiger partial charge in [0.25, 0.3) is 0 Å². The molecule has 0 radical (unpaired) electrons. The van der Waals surface area contributed by atoms with Crippen LogP contribution in [0.2, 0.25) is 0 Å². The van der Waals surface area contributed by atoms with E-state index in [4.69, 9.17) is 4.74 Å². The average Bonchev–Trinajstić information content (AvgIpc) is 3.11. The first-order valence-electron chi connectivity index (χ1n) is 9.73. The molecule has 2 atom stereocenters. The second kappa shape index (κ2) is 7.48. The summed E-state index contributed by atoms with van der Waals surface area (Å²) in [6.45, 7) is 4.29. The summed E-state index contributed by atoms with van der Waals surface area (Å²) in [7, 11) is 1.63. The molecule has 0 bridgehead atoms. The van der Waals surface area contributed by atoms with Gasteiger partial charge in [-0.25, -0.2) is 9.07 Å². The van der Waals surface area contributed by atoms with Crippen LogP contribution in [-0.2, 0) is 6.42 Å². The summed E-state index contributed by atoms with van der Waals surface area (Å²) < 4.78 is 20.3. The van der Waals surface area contributed by atoms with Crippen molar-refractivity contribution in [1.82, 2.24) is 9.78 Å². The lowest BCUT2D eigenvalue weighted by Crippen LogP contribution is -2.27. The number of aromatic nitrogens is 2. The van der Waals surface area contributed by atoms with Crippen LogP contribution in [0.15, 0.2) is 60.3 Å². The number of hydrogen-bond donors (Lipinski definition) is 1. The Morgan fingerprint density at radius 2 is 1.86 bits per heavy atom. The van der Waals surface area contributed by atoms with Gasteiger partial charge in [-0.15, -0.1) is 0 Å². The molecule has 3 aromatic rings. The maximum atomic E-state index is 13.3. The van der Waals surface area contributed by atoms with Crippen molar-refractivity contribution in [3.05, 3.63) is 82.9 Å². The molecule has 150 valence electrons. The molecule has 4 nitrogen and oxygen atoms in total. The van der Waals surface area contributed by atoms with E-state index in [0.717, 1.165) is 34.7 Å². The van der Waals surface area contributed by atoms with Crippen molar-refractivity contribution in [2.45, 2.75) is 32.8 Å². The molecule has 1 unspecified atom stereocenters. The molecule has 0 fully saturated rings. The van der Waals surface area contributed by atoms with Crippen LogP contribution in [0.4, 0.5) is 4.39 Å². The van der Waals surface area contributed by atoms with Gasteiger partial charge in [-0.1, -0.05) is 24.6 Å². The molecule has 1 heterocycles. The first-order valence-corrected chi connectivity index (χ1v) is 9.73. The summed E-state index contributed by atoms with van der Waals surface area (Å²) in [6, 6.07) is 13.9. The SMILES string of the molecule is COc1ccc(C(O)C[C@]2(C)Cc3cnn(-c4ccc(F)cc4)c3C=C2C)cc1. The third kappa shape index (κ3) is 3.70. The van der Waals surface area contributed by atoms with E-state index in [2.05, 4.69) is 25.0 Å². The summed E-state index contributed by atoms with van der Waals surface area (Å²) in [5.74, 6) is 0.514. The Balaban J connectivity index is 1.59. The fraction of sp³-hybridized carbons (Fsp3) is 0.292. The van der Waals surface area contributed by atoms with Gasteiger partial charge in [0.1, 0.15) is 11.6 Å². The number of halogens is 1. The zero-order chi connectivity index (χ0) is 20.6. The Hall–Kier alpha value is -2.92. The molecular weight excluding hydrogens is 367 g/mol. The molecule has 0 spiro atoms. The Bertz CT molecular complexity index is 1040. The molecule has 5 heteroatoms. The van der Waals surface area contributed by atoms with Gasteiger partial charge in [0, 0.05) is 0 Å². The zero-order valence-corrected chi connectivity index (χ0v) is 16.9. The minimum Gasteiger partial charge on any atom is -0.497 e. The number of ether oxygens (including phenoxy) is 1. The van der Waals surface area contributed by atoms with Crippen LogP contribution in [-0.4, -0.2) is 22.0 Å². The number of benzene rings is 2. The van der Waals surface area contributed by atoms with Crippen LogP contribution < -0.4 is 4.74 Å². The highest BCUT2D eigenvalue weighted by molar-refractivity contribution is 5.60. The van der Waals surface area contributed by atoms with Crippen molar-refractivity contribution >= 4 is 6.08 Å². The maximum absolute atomic E-state index is 13.3. The van der Waals surface area contributed by atoms with E-state index in [1.54, 1.807) is 19.2 Å². The smallest absolute Gasteiger partial charge is 0.123 e. The molecule has 0 saturated carbocycles. The minimum absolute atomic E-state index is 0.178. The number of methoxy groups -OCH3 is 1. The number of aliphatic hydroxyl groups excluding tert-OH is 1. The Kier molecular flexibility index (Phi) is 5.01. The lowest BCUT2D eigenvalue weighted by molar-refractivity contribution is 0.121. The summed E-state index contributed by atoms with van der Waals surface area (Å²) in [5.41, 5.74) is 4.88. The number of aliphatic hydroxyl groups is 1. The van der Waals surface area contributed by atoms with Crippen LogP contribution >= 0.6 is 0 Å². The van der Waals surface area contributed by atoms with Crippen molar-refractivity contribution in [2.24, 2.45) is 5.41 Å². The normalized spacial score (nSPS) is 19.4. The number of rotatable bonds is 5. The van der Waals surface area contributed by atoms with E-state index in [1.165, 1.54) is 17.7 Å². The first-order chi connectivity index (χ1) is 13.9. The summed E-state index contributed by atoms with van der Waals surface area (Å²) in [6.07, 6.45) is 4.85. The van der Waals surface area contributed by atoms with E-state index in [0.29, 0.717) is 6.42 Å². The standard InChI is InChI=1S/C24H25FN2O2/c1-16-12-22-18(15-26-27(22)20-8-6-19(25)7-9-20)13-24(16,2)14-23(28)17-4-10-21(29-3)11-5-17/h4-12,15,23,28H,13-14H2,1-3H3/t23?,24-/m0/s1. The molecule has 0 amide bonds. The zero-order valence-electron chi connectivity index (χ0n) is 16.9. The van der Waals surface area contributed by atoms with Gasteiger partial charge in [-0.05, 0) is 78.8 Å². The van der Waals surface area contributed by atoms with E-state index in [1.807, 2.05) is 35.1 Å². The average molecular weight is 392 g/mol. The van der Waals surface area contributed by atoms with Gasteiger partial charge in [-0.2, -0.15) is 5.10 Å². The van der Waals surface area contributed by atoms with Crippen LogP contribution in [0.5, 0.6) is 5.75 Å². The van der Waals surface area contributed by atoms with E-state index in [9.17, 15) is 9.50 Å². The molecule has 0 aliphatic heterocycles. The predicted molar refractivity (Wildman–Crippen MR) is 112 cm³/mol. The van der Waals surface area contributed by atoms with Crippen LogP contribution in [0, 0.1) is 11.2 Å². The van der Waals surface area contributed by atoms with Crippen molar-refractivity contribution in [2.75, 3.05) is 7.11 Å². The molecule has 1 aliphatic rings. The third-order valence-corrected chi connectivity index (χ3v) is 5.99. The second-order valence-electron chi connectivity index (χ2n) is 8.00. The Labute approximate surface area is 170 Å². The van der Waals surface area contributed by atoms with Gasteiger partial charge in [0.15, 0.2) is 0 Å². The molecular formula is C24H25FN2O2. The lowest BCUT2D eigenvalue weighted by Gasteiger charge is -2.36. The molecule has 29 heavy (non-hydrogen) atoms. The fourth-order valence-corrected chi connectivity index (χ4v) is 4.01. The van der Waals surface area contributed by atoms with Gasteiger partial charge in [-0.3, -0.25) is 0 Å². The van der Waals surface area contributed by atoms with Crippen molar-refractivity contribution in [3.63, 3.8) is 0 Å². The maximum Gasteiger partial charge on any atom is 0.123 e. The highest BCUT2D eigenvalue weighted by Gasteiger charge is 2.35. The molecule has 2 aromatic carbocycles. The van der Waals surface area contributed by atoms with Gasteiger partial charge in [0.2, 0.25) is 0 Å². The van der Waals surface area contributed by atoms with E-state index < -0.39 is 6.10 Å². The quantitative estimate of drug-likeness (QED) is 0.656. The van der Waals surface area contributed by atoms with E-state index >= 15 is 0 Å². The van der Waals surface area contributed by atoms with Crippen LogP contribution in [0.25, 0.3) is 11.8 Å². The van der Waals surface area contributed by atoms with Crippen molar-refractivity contribution in [3.8, 4) is 11.4 Å². The van der Waals surface area contributed by atoms with Gasteiger partial charge in [0.05, 0.1) is 30.8 Å².